The summed E-state index contributed by atoms with van der Waals surface area (Å²) in [5.74, 6) is 0.231. The van der Waals surface area contributed by atoms with Crippen LogP contribution in [-0.2, 0) is 12.5 Å². The Morgan fingerprint density at radius 2 is 2.00 bits per heavy atom. The zero-order valence-corrected chi connectivity index (χ0v) is 10.7. The van der Waals surface area contributed by atoms with E-state index < -0.39 is 0 Å². The molecule has 0 aliphatic rings. The second-order valence-corrected chi connectivity index (χ2v) is 4.24. The van der Waals surface area contributed by atoms with Crippen molar-refractivity contribution in [2.45, 2.75) is 19.4 Å². The predicted octanol–water partition coefficient (Wildman–Crippen LogP) is 3.85. The first-order chi connectivity index (χ1) is 8.69. The summed E-state index contributed by atoms with van der Waals surface area (Å²) in [5, 5.41) is 0. The van der Waals surface area contributed by atoms with E-state index in [-0.39, 0.29) is 18.2 Å². The first kappa shape index (κ1) is 12.8. The number of alkyl halides is 1. The van der Waals surface area contributed by atoms with E-state index in [1.165, 1.54) is 6.07 Å². The van der Waals surface area contributed by atoms with E-state index in [0.717, 1.165) is 17.0 Å². The normalized spacial score (nSPS) is 10.4. The van der Waals surface area contributed by atoms with Gasteiger partial charge in [0, 0.05) is 0 Å². The van der Waals surface area contributed by atoms with Crippen molar-refractivity contribution >= 4 is 11.6 Å². The number of hydrogen-bond acceptors (Lipinski definition) is 2. The van der Waals surface area contributed by atoms with Crippen LogP contribution in [0.25, 0.3) is 0 Å². The summed E-state index contributed by atoms with van der Waals surface area (Å²) < 4.78 is 18.9. The van der Waals surface area contributed by atoms with Crippen molar-refractivity contribution < 1.29 is 9.13 Å². The zero-order valence-electron chi connectivity index (χ0n) is 9.99. The summed E-state index contributed by atoms with van der Waals surface area (Å²) in [6.45, 7) is 2.06. The number of rotatable bonds is 4. The largest absolute Gasteiger partial charge is 0.484 e. The highest BCUT2D eigenvalue weighted by Crippen LogP contribution is 2.19. The zero-order chi connectivity index (χ0) is 13.0. The molecule has 2 rings (SSSR count). The molecule has 2 nitrogen and oxygen atoms in total. The standard InChI is InChI=1S/C14H13ClFNO/c1-10-5-6-14(13(16)7-10)18-9-12-4-2-3-11(8-15)17-12/h2-7H,8-9H2,1H3. The summed E-state index contributed by atoms with van der Waals surface area (Å²) in [7, 11) is 0. The predicted molar refractivity (Wildman–Crippen MR) is 69.3 cm³/mol. The molecular formula is C14H13ClFNO. The van der Waals surface area contributed by atoms with Crippen LogP contribution in [-0.4, -0.2) is 4.98 Å². The average Bonchev–Trinajstić information content (AvgIpc) is 2.38. The first-order valence-electron chi connectivity index (χ1n) is 5.59. The fourth-order valence-corrected chi connectivity index (χ4v) is 1.71. The summed E-state index contributed by atoms with van der Waals surface area (Å²) in [6.07, 6.45) is 0. The van der Waals surface area contributed by atoms with E-state index in [2.05, 4.69) is 4.98 Å². The molecular weight excluding hydrogens is 253 g/mol. The quantitative estimate of drug-likeness (QED) is 0.784. The number of aromatic nitrogens is 1. The molecule has 0 unspecified atom stereocenters. The molecule has 0 saturated carbocycles. The smallest absolute Gasteiger partial charge is 0.165 e. The maximum Gasteiger partial charge on any atom is 0.165 e. The maximum atomic E-state index is 13.5. The molecule has 0 radical (unpaired) electrons. The fraction of sp³-hybridized carbons (Fsp3) is 0.214. The van der Waals surface area contributed by atoms with Gasteiger partial charge in [-0.05, 0) is 36.8 Å². The number of benzene rings is 1. The van der Waals surface area contributed by atoms with Gasteiger partial charge in [-0.25, -0.2) is 4.39 Å². The molecule has 0 aliphatic carbocycles. The van der Waals surface area contributed by atoms with Gasteiger partial charge in [0.1, 0.15) is 6.61 Å². The minimum absolute atomic E-state index is 0.227. The number of pyridine rings is 1. The minimum Gasteiger partial charge on any atom is -0.484 e. The molecule has 4 heteroatoms. The third-order valence-corrected chi connectivity index (χ3v) is 2.74. The summed E-state index contributed by atoms with van der Waals surface area (Å²) in [5.41, 5.74) is 2.37. The van der Waals surface area contributed by atoms with Crippen molar-refractivity contribution in [2.24, 2.45) is 0 Å². The van der Waals surface area contributed by atoms with E-state index in [1.54, 1.807) is 12.1 Å². The van der Waals surface area contributed by atoms with Gasteiger partial charge in [-0.2, -0.15) is 0 Å². The third kappa shape index (κ3) is 3.20. The Bertz CT molecular complexity index is 545. The third-order valence-electron chi connectivity index (χ3n) is 2.46. The average molecular weight is 266 g/mol. The number of ether oxygens (including phenoxy) is 1. The molecule has 0 N–H and O–H groups in total. The Kier molecular flexibility index (Phi) is 4.15. The van der Waals surface area contributed by atoms with Crippen LogP contribution in [0, 0.1) is 12.7 Å². The van der Waals surface area contributed by atoms with E-state index >= 15 is 0 Å². The molecule has 0 bridgehead atoms. The Balaban J connectivity index is 2.06. The molecule has 0 atom stereocenters. The molecule has 0 fully saturated rings. The summed E-state index contributed by atoms with van der Waals surface area (Å²) in [4.78, 5) is 4.27. The lowest BCUT2D eigenvalue weighted by Gasteiger charge is -2.08. The van der Waals surface area contributed by atoms with Crippen molar-refractivity contribution in [3.05, 3.63) is 59.2 Å². The van der Waals surface area contributed by atoms with Gasteiger partial charge >= 0.3 is 0 Å². The molecule has 18 heavy (non-hydrogen) atoms. The first-order valence-corrected chi connectivity index (χ1v) is 6.12. The lowest BCUT2D eigenvalue weighted by atomic mass is 10.2. The lowest BCUT2D eigenvalue weighted by molar-refractivity contribution is 0.285. The number of halogens is 2. The number of hydrogen-bond donors (Lipinski definition) is 0. The van der Waals surface area contributed by atoms with Crippen LogP contribution in [0.3, 0.4) is 0 Å². The van der Waals surface area contributed by atoms with Gasteiger partial charge in [-0.15, -0.1) is 11.6 Å². The second-order valence-electron chi connectivity index (χ2n) is 3.98. The topological polar surface area (TPSA) is 22.1 Å². The van der Waals surface area contributed by atoms with Crippen molar-refractivity contribution in [3.63, 3.8) is 0 Å². The van der Waals surface area contributed by atoms with Crippen molar-refractivity contribution in [2.75, 3.05) is 0 Å². The monoisotopic (exact) mass is 265 g/mol. The van der Waals surface area contributed by atoms with Crippen molar-refractivity contribution in [3.8, 4) is 5.75 Å². The summed E-state index contributed by atoms with van der Waals surface area (Å²) >= 11 is 5.70. The van der Waals surface area contributed by atoms with Crippen LogP contribution < -0.4 is 4.74 Å². The van der Waals surface area contributed by atoms with Crippen LogP contribution in [0.2, 0.25) is 0 Å². The molecule has 1 heterocycles. The van der Waals surface area contributed by atoms with Crippen molar-refractivity contribution in [1.29, 1.82) is 0 Å². The highest BCUT2D eigenvalue weighted by Gasteiger charge is 2.04. The second kappa shape index (κ2) is 5.83. The van der Waals surface area contributed by atoms with Crippen LogP contribution in [0.1, 0.15) is 17.0 Å². The van der Waals surface area contributed by atoms with Gasteiger partial charge in [0.05, 0.1) is 17.3 Å². The van der Waals surface area contributed by atoms with Gasteiger partial charge in [0.15, 0.2) is 11.6 Å². The molecule has 1 aromatic heterocycles. The minimum atomic E-state index is -0.358. The molecule has 0 saturated heterocycles. The van der Waals surface area contributed by atoms with Gasteiger partial charge in [-0.1, -0.05) is 12.1 Å². The molecule has 0 spiro atoms. The number of aryl methyl sites for hydroxylation is 1. The fourth-order valence-electron chi connectivity index (χ4n) is 1.56. The van der Waals surface area contributed by atoms with E-state index in [0.29, 0.717) is 5.88 Å². The molecule has 0 aliphatic heterocycles. The van der Waals surface area contributed by atoms with E-state index in [9.17, 15) is 4.39 Å². The Morgan fingerprint density at radius 1 is 1.22 bits per heavy atom. The van der Waals surface area contributed by atoms with Gasteiger partial charge in [0.25, 0.3) is 0 Å². The van der Waals surface area contributed by atoms with Crippen LogP contribution in [0.15, 0.2) is 36.4 Å². The Labute approximate surface area is 110 Å². The molecule has 1 aromatic carbocycles. The highest BCUT2D eigenvalue weighted by molar-refractivity contribution is 6.16. The van der Waals surface area contributed by atoms with Crippen molar-refractivity contribution in [1.82, 2.24) is 4.98 Å². The van der Waals surface area contributed by atoms with E-state index in [4.69, 9.17) is 16.3 Å². The van der Waals surface area contributed by atoms with Gasteiger partial charge in [-0.3, -0.25) is 4.98 Å². The van der Waals surface area contributed by atoms with Gasteiger partial charge < -0.3 is 4.74 Å². The highest BCUT2D eigenvalue weighted by atomic mass is 35.5. The van der Waals surface area contributed by atoms with E-state index in [1.807, 2.05) is 25.1 Å². The Morgan fingerprint density at radius 3 is 2.72 bits per heavy atom. The van der Waals surface area contributed by atoms with Crippen LogP contribution >= 0.6 is 11.6 Å². The Hall–Kier alpha value is -1.61. The van der Waals surface area contributed by atoms with Crippen LogP contribution in [0.5, 0.6) is 5.75 Å². The molecule has 2 aromatic rings. The van der Waals surface area contributed by atoms with Gasteiger partial charge in [0.2, 0.25) is 0 Å². The SMILES string of the molecule is Cc1ccc(OCc2cccc(CCl)n2)c(F)c1. The molecule has 0 amide bonds. The maximum absolute atomic E-state index is 13.5. The lowest BCUT2D eigenvalue weighted by Crippen LogP contribution is -2.01. The summed E-state index contributed by atoms with van der Waals surface area (Å²) in [6, 6.07) is 10.4. The van der Waals surface area contributed by atoms with Crippen LogP contribution in [0.4, 0.5) is 4.39 Å². The molecule has 94 valence electrons. The number of nitrogens with zero attached hydrogens (tertiary/aromatic N) is 1.